The Balaban J connectivity index is 1.75. The summed E-state index contributed by atoms with van der Waals surface area (Å²) >= 11 is 6.19. The average Bonchev–Trinajstić information content (AvgIpc) is 2.59. The molecule has 1 heterocycles. The molecule has 0 unspecified atom stereocenters. The molecule has 0 amide bonds. The summed E-state index contributed by atoms with van der Waals surface area (Å²) in [5, 5.41) is 9.59. The van der Waals surface area contributed by atoms with E-state index in [2.05, 4.69) is 15.2 Å². The van der Waals surface area contributed by atoms with Gasteiger partial charge in [-0.15, -0.1) is 0 Å². The molecule has 24 heavy (non-hydrogen) atoms. The molecule has 0 fully saturated rings. The highest BCUT2D eigenvalue weighted by molar-refractivity contribution is 6.32. The first-order valence-electron chi connectivity index (χ1n) is 7.52. The van der Waals surface area contributed by atoms with E-state index in [9.17, 15) is 0 Å². The topological polar surface area (TPSA) is 40.9 Å². The normalized spacial score (nSPS) is 11.6. The highest BCUT2D eigenvalue weighted by Gasteiger charge is 2.02. The van der Waals surface area contributed by atoms with Gasteiger partial charge in [0.15, 0.2) is 0 Å². The Morgan fingerprint density at radius 1 is 0.958 bits per heavy atom. The van der Waals surface area contributed by atoms with Crippen molar-refractivity contribution in [1.82, 2.24) is 4.98 Å². The van der Waals surface area contributed by atoms with Crippen LogP contribution in [0.15, 0.2) is 64.8 Å². The smallest absolute Gasteiger partial charge is 0.138 e. The molecule has 1 aromatic heterocycles. The van der Waals surface area contributed by atoms with Crippen LogP contribution in [0.3, 0.4) is 0 Å². The van der Waals surface area contributed by atoms with Crippen molar-refractivity contribution >= 4 is 40.6 Å². The van der Waals surface area contributed by atoms with Gasteiger partial charge in [0.25, 0.3) is 0 Å². The summed E-state index contributed by atoms with van der Waals surface area (Å²) in [4.78, 5) is 6.41. The molecular formula is C19H17ClN4. The van der Waals surface area contributed by atoms with E-state index >= 15 is 0 Å². The van der Waals surface area contributed by atoms with Crippen LogP contribution in [0.25, 0.3) is 10.9 Å². The second-order valence-corrected chi connectivity index (χ2v) is 5.89. The van der Waals surface area contributed by atoms with E-state index in [0.29, 0.717) is 5.15 Å². The van der Waals surface area contributed by atoms with Gasteiger partial charge in [-0.1, -0.05) is 41.9 Å². The van der Waals surface area contributed by atoms with E-state index in [1.54, 1.807) is 12.4 Å². The Morgan fingerprint density at radius 3 is 2.42 bits per heavy atom. The Kier molecular flexibility index (Phi) is 4.87. The molecule has 0 spiro atoms. The average molecular weight is 337 g/mol. The van der Waals surface area contributed by atoms with Crippen molar-refractivity contribution in [2.24, 2.45) is 10.2 Å². The maximum absolute atomic E-state index is 6.19. The molecular weight excluding hydrogens is 320 g/mol. The number of halogens is 1. The Morgan fingerprint density at radius 2 is 1.67 bits per heavy atom. The molecule has 0 bridgehead atoms. The highest BCUT2D eigenvalue weighted by Crippen LogP contribution is 2.19. The van der Waals surface area contributed by atoms with Crippen LogP contribution in [0.1, 0.15) is 11.1 Å². The zero-order valence-corrected chi connectivity index (χ0v) is 14.3. The van der Waals surface area contributed by atoms with E-state index in [-0.39, 0.29) is 0 Å². The first-order valence-corrected chi connectivity index (χ1v) is 7.90. The lowest BCUT2D eigenvalue weighted by molar-refractivity contribution is 1.13. The Bertz CT molecular complexity index is 899. The van der Waals surface area contributed by atoms with Crippen LogP contribution in [0.4, 0.5) is 5.69 Å². The summed E-state index contributed by atoms with van der Waals surface area (Å²) in [7, 11) is 4.02. The number of pyridine rings is 1. The lowest BCUT2D eigenvalue weighted by Crippen LogP contribution is -2.08. The lowest BCUT2D eigenvalue weighted by Gasteiger charge is -2.11. The van der Waals surface area contributed by atoms with Crippen LogP contribution in [-0.2, 0) is 0 Å². The van der Waals surface area contributed by atoms with Gasteiger partial charge in [0.05, 0.1) is 17.9 Å². The number of rotatable bonds is 4. The molecule has 0 N–H and O–H groups in total. The fraction of sp³-hybridized carbons (Fsp3) is 0.105. The number of hydrogen-bond acceptors (Lipinski definition) is 4. The minimum atomic E-state index is 0.419. The first-order chi connectivity index (χ1) is 11.6. The van der Waals surface area contributed by atoms with Gasteiger partial charge in [0.1, 0.15) is 5.15 Å². The van der Waals surface area contributed by atoms with E-state index in [1.165, 1.54) is 0 Å². The molecule has 0 radical (unpaired) electrons. The van der Waals surface area contributed by atoms with Gasteiger partial charge >= 0.3 is 0 Å². The van der Waals surface area contributed by atoms with Gasteiger partial charge < -0.3 is 4.90 Å². The summed E-state index contributed by atoms with van der Waals surface area (Å²) in [5.41, 5.74) is 3.74. The minimum Gasteiger partial charge on any atom is -0.378 e. The number of benzene rings is 2. The SMILES string of the molecule is CN(C)c1ccc(/C=N\N=C\c2cc3ccccc3nc2Cl)cc1. The van der Waals surface area contributed by atoms with Crippen molar-refractivity contribution in [3.05, 3.63) is 70.9 Å². The highest BCUT2D eigenvalue weighted by atomic mass is 35.5. The van der Waals surface area contributed by atoms with Crippen molar-refractivity contribution in [2.75, 3.05) is 19.0 Å². The van der Waals surface area contributed by atoms with Gasteiger partial charge in [-0.05, 0) is 29.8 Å². The first kappa shape index (κ1) is 16.1. The third-order valence-electron chi connectivity index (χ3n) is 3.58. The molecule has 0 aliphatic carbocycles. The molecule has 0 aliphatic heterocycles. The number of para-hydroxylation sites is 1. The molecule has 5 heteroatoms. The Labute approximate surface area is 146 Å². The molecule has 3 aromatic rings. The monoisotopic (exact) mass is 336 g/mol. The fourth-order valence-electron chi connectivity index (χ4n) is 2.25. The van der Waals surface area contributed by atoms with Crippen molar-refractivity contribution in [1.29, 1.82) is 0 Å². The van der Waals surface area contributed by atoms with Crippen molar-refractivity contribution in [3.63, 3.8) is 0 Å². The zero-order valence-electron chi connectivity index (χ0n) is 13.5. The second-order valence-electron chi connectivity index (χ2n) is 5.54. The Hall–Kier alpha value is -2.72. The predicted molar refractivity (Wildman–Crippen MR) is 103 cm³/mol. The van der Waals surface area contributed by atoms with E-state index < -0.39 is 0 Å². The van der Waals surface area contributed by atoms with Crippen LogP contribution in [-0.4, -0.2) is 31.5 Å². The van der Waals surface area contributed by atoms with Crippen LogP contribution in [0.2, 0.25) is 5.15 Å². The quantitative estimate of drug-likeness (QED) is 0.402. The summed E-state index contributed by atoms with van der Waals surface area (Å²) in [6, 6.07) is 17.8. The van der Waals surface area contributed by atoms with E-state index in [1.807, 2.05) is 73.6 Å². The third kappa shape index (κ3) is 3.78. The largest absolute Gasteiger partial charge is 0.378 e. The molecule has 2 aromatic carbocycles. The maximum atomic E-state index is 6.19. The van der Waals surface area contributed by atoms with Gasteiger partial charge in [0.2, 0.25) is 0 Å². The summed E-state index contributed by atoms with van der Waals surface area (Å²) in [5.74, 6) is 0. The third-order valence-corrected chi connectivity index (χ3v) is 3.89. The van der Waals surface area contributed by atoms with E-state index in [0.717, 1.165) is 27.7 Å². The van der Waals surface area contributed by atoms with Gasteiger partial charge in [-0.2, -0.15) is 10.2 Å². The molecule has 0 saturated heterocycles. The molecule has 4 nitrogen and oxygen atoms in total. The van der Waals surface area contributed by atoms with Crippen molar-refractivity contribution in [2.45, 2.75) is 0 Å². The molecule has 3 rings (SSSR count). The second kappa shape index (κ2) is 7.23. The number of hydrogen-bond donors (Lipinski definition) is 0. The summed E-state index contributed by atoms with van der Waals surface area (Å²) in [6.07, 6.45) is 3.32. The van der Waals surface area contributed by atoms with Crippen LogP contribution >= 0.6 is 11.6 Å². The number of anilines is 1. The standard InChI is InChI=1S/C19H17ClN4/c1-24(2)17-9-7-14(8-10-17)12-21-22-13-16-11-15-5-3-4-6-18(15)23-19(16)20/h3-13H,1-2H3/b21-12-,22-13+. The van der Waals surface area contributed by atoms with Gasteiger partial charge in [-0.3, -0.25) is 0 Å². The number of aromatic nitrogens is 1. The molecule has 0 saturated carbocycles. The number of nitrogens with zero attached hydrogens (tertiary/aromatic N) is 4. The lowest BCUT2D eigenvalue weighted by atomic mass is 10.2. The zero-order chi connectivity index (χ0) is 16.9. The minimum absolute atomic E-state index is 0.419. The fourth-order valence-corrected chi connectivity index (χ4v) is 2.45. The molecule has 120 valence electrons. The van der Waals surface area contributed by atoms with Gasteiger partial charge in [0, 0.05) is 30.7 Å². The predicted octanol–water partition coefficient (Wildman–Crippen LogP) is 4.41. The van der Waals surface area contributed by atoms with Crippen LogP contribution < -0.4 is 4.90 Å². The van der Waals surface area contributed by atoms with Gasteiger partial charge in [-0.25, -0.2) is 4.98 Å². The van der Waals surface area contributed by atoms with Crippen LogP contribution in [0, 0.1) is 0 Å². The molecule has 0 atom stereocenters. The summed E-state index contributed by atoms with van der Waals surface area (Å²) in [6.45, 7) is 0. The van der Waals surface area contributed by atoms with Crippen molar-refractivity contribution < 1.29 is 0 Å². The van der Waals surface area contributed by atoms with Crippen molar-refractivity contribution in [3.8, 4) is 0 Å². The summed E-state index contributed by atoms with van der Waals surface area (Å²) < 4.78 is 0. The van der Waals surface area contributed by atoms with E-state index in [4.69, 9.17) is 11.6 Å². The van der Waals surface area contributed by atoms with Crippen LogP contribution in [0.5, 0.6) is 0 Å². The molecule has 0 aliphatic rings. The number of fused-ring (bicyclic) bond motifs is 1. The maximum Gasteiger partial charge on any atom is 0.138 e.